The highest BCUT2D eigenvalue weighted by Gasteiger charge is 2.49. The van der Waals surface area contributed by atoms with E-state index in [4.69, 9.17) is 0 Å². The van der Waals surface area contributed by atoms with Crippen molar-refractivity contribution in [3.05, 3.63) is 11.6 Å². The van der Waals surface area contributed by atoms with E-state index in [1.807, 2.05) is 11.8 Å². The second-order valence-electron chi connectivity index (χ2n) is 7.50. The van der Waals surface area contributed by atoms with E-state index < -0.39 is 17.8 Å². The first-order valence-electron chi connectivity index (χ1n) is 8.95. The Bertz CT molecular complexity index is 694. The Morgan fingerprint density at radius 1 is 1.15 bits per heavy atom. The highest BCUT2D eigenvalue weighted by molar-refractivity contribution is 8.00. The summed E-state index contributed by atoms with van der Waals surface area (Å²) >= 11 is 1.84. The van der Waals surface area contributed by atoms with Crippen molar-refractivity contribution in [2.45, 2.75) is 56.8 Å². The van der Waals surface area contributed by atoms with Crippen molar-refractivity contribution in [3.8, 4) is 6.07 Å². The van der Waals surface area contributed by atoms with Crippen LogP contribution in [-0.2, 0) is 9.59 Å². The summed E-state index contributed by atoms with van der Waals surface area (Å²) in [5, 5.41) is 14.4. The van der Waals surface area contributed by atoms with E-state index in [9.17, 15) is 19.6 Å². The number of carbonyl (C=O) groups is 3. The predicted molar refractivity (Wildman–Crippen MR) is 97.7 cm³/mol. The van der Waals surface area contributed by atoms with Gasteiger partial charge in [0, 0.05) is 17.3 Å². The summed E-state index contributed by atoms with van der Waals surface area (Å²) in [4.78, 5) is 37.6. The summed E-state index contributed by atoms with van der Waals surface area (Å²) in [5.41, 5.74) is -0.00635. The average Bonchev–Trinajstić information content (AvgIpc) is 2.99. The second kappa shape index (κ2) is 7.05. The van der Waals surface area contributed by atoms with E-state index in [1.165, 1.54) is 0 Å². The lowest BCUT2D eigenvalue weighted by molar-refractivity contribution is -0.124. The van der Waals surface area contributed by atoms with Crippen molar-refractivity contribution in [1.82, 2.24) is 15.5 Å². The number of hydrogen-bond donors (Lipinski definition) is 2. The second-order valence-corrected chi connectivity index (χ2v) is 9.00. The van der Waals surface area contributed by atoms with Crippen molar-refractivity contribution in [2.24, 2.45) is 17.8 Å². The number of thioether (sulfide) groups is 1. The normalized spacial score (nSPS) is 41.0. The quantitative estimate of drug-likeness (QED) is 0.561. The minimum atomic E-state index is -0.784. The summed E-state index contributed by atoms with van der Waals surface area (Å²) < 4.78 is 0. The molecular formula is C18H24N4O3S. The zero-order valence-corrected chi connectivity index (χ0v) is 16.2. The van der Waals surface area contributed by atoms with Gasteiger partial charge in [-0.25, -0.2) is 4.79 Å². The smallest absolute Gasteiger partial charge is 0.284 e. The summed E-state index contributed by atoms with van der Waals surface area (Å²) in [6, 6.07) is 2.04. The van der Waals surface area contributed by atoms with Crippen LogP contribution in [0.3, 0.4) is 0 Å². The number of rotatable bonds is 2. The van der Waals surface area contributed by atoms with Gasteiger partial charge in [0.05, 0.1) is 17.4 Å². The van der Waals surface area contributed by atoms with Crippen molar-refractivity contribution in [3.63, 3.8) is 0 Å². The molecule has 0 aromatic rings. The van der Waals surface area contributed by atoms with Gasteiger partial charge in [-0.1, -0.05) is 19.9 Å². The van der Waals surface area contributed by atoms with Crippen LogP contribution in [0.25, 0.3) is 0 Å². The molecule has 3 aliphatic rings. The third-order valence-electron chi connectivity index (χ3n) is 5.95. The molecule has 7 nitrogen and oxygen atoms in total. The lowest BCUT2D eigenvalue weighted by Crippen LogP contribution is -2.51. The fraction of sp³-hybridized carbons (Fsp3) is 0.667. The van der Waals surface area contributed by atoms with Crippen molar-refractivity contribution < 1.29 is 14.4 Å². The van der Waals surface area contributed by atoms with E-state index in [-0.39, 0.29) is 34.9 Å². The lowest BCUT2D eigenvalue weighted by atomic mass is 9.92. The number of barbiturate groups is 1. The van der Waals surface area contributed by atoms with Crippen molar-refractivity contribution in [2.75, 3.05) is 0 Å². The van der Waals surface area contributed by atoms with Crippen LogP contribution >= 0.6 is 11.8 Å². The molecule has 7 unspecified atom stereocenters. The molecule has 3 aliphatic heterocycles. The maximum absolute atomic E-state index is 12.0. The molecule has 140 valence electrons. The molecule has 0 aromatic carbocycles. The molecule has 0 bridgehead atoms. The molecular weight excluding hydrogens is 352 g/mol. The van der Waals surface area contributed by atoms with Crippen LogP contribution < -0.4 is 10.6 Å². The Balaban J connectivity index is 1.82. The summed E-state index contributed by atoms with van der Waals surface area (Å²) in [6.45, 7) is 8.50. The van der Waals surface area contributed by atoms with Gasteiger partial charge in [0.25, 0.3) is 11.8 Å². The number of imide groups is 2. The molecule has 0 radical (unpaired) electrons. The summed E-state index contributed by atoms with van der Waals surface area (Å²) in [6.07, 6.45) is 2.49. The van der Waals surface area contributed by atoms with Gasteiger partial charge in [-0.15, -0.1) is 11.8 Å². The molecule has 0 spiro atoms. The van der Waals surface area contributed by atoms with E-state index >= 15 is 0 Å². The molecule has 4 amide bonds. The minimum Gasteiger partial charge on any atom is -0.284 e. The molecule has 2 N–H and O–H groups in total. The Labute approximate surface area is 157 Å². The Morgan fingerprint density at radius 3 is 2.35 bits per heavy atom. The maximum atomic E-state index is 12.0. The van der Waals surface area contributed by atoms with Gasteiger partial charge in [0.15, 0.2) is 0 Å². The Hall–Kier alpha value is -1.85. The fourth-order valence-electron chi connectivity index (χ4n) is 4.28. The topological polar surface area (TPSA) is 102 Å². The van der Waals surface area contributed by atoms with Gasteiger partial charge >= 0.3 is 6.03 Å². The molecule has 0 saturated carbocycles. The molecule has 3 heterocycles. The number of amides is 4. The van der Waals surface area contributed by atoms with E-state index in [0.717, 1.165) is 6.42 Å². The number of nitriles is 1. The van der Waals surface area contributed by atoms with E-state index in [0.29, 0.717) is 11.2 Å². The SMILES string of the molecule is CC1SC(N2C(C)CC(C=C3C(=O)NC(=O)NC3=O)C2C)C(C#N)C1C. The zero-order valence-electron chi connectivity index (χ0n) is 15.4. The van der Waals surface area contributed by atoms with Crippen LogP contribution in [0.4, 0.5) is 4.79 Å². The maximum Gasteiger partial charge on any atom is 0.328 e. The largest absolute Gasteiger partial charge is 0.328 e. The monoisotopic (exact) mass is 376 g/mol. The molecule has 8 heteroatoms. The van der Waals surface area contributed by atoms with Crippen LogP contribution in [0.15, 0.2) is 11.6 Å². The predicted octanol–water partition coefficient (Wildman–Crippen LogP) is 1.61. The van der Waals surface area contributed by atoms with Crippen LogP contribution in [0.5, 0.6) is 0 Å². The number of likely N-dealkylation sites (tertiary alicyclic amines) is 1. The number of carbonyl (C=O) groups excluding carboxylic acids is 3. The standard InChI is InChI=1S/C18H24N4O3S/c1-8-5-12(6-13-15(23)20-18(25)21-16(13)24)10(3)22(8)17-14(7-19)9(2)11(4)26-17/h6,8-12,14,17H,5H2,1-4H3,(H2,20,21,23,24,25). The third-order valence-corrected chi connectivity index (χ3v) is 7.62. The Morgan fingerprint density at radius 2 is 1.77 bits per heavy atom. The van der Waals surface area contributed by atoms with E-state index in [1.54, 1.807) is 6.08 Å². The molecule has 0 aromatic heterocycles. The number of nitrogens with one attached hydrogen (secondary N) is 2. The number of hydrogen-bond acceptors (Lipinski definition) is 6. The van der Waals surface area contributed by atoms with Crippen molar-refractivity contribution in [1.29, 1.82) is 5.26 Å². The highest BCUT2D eigenvalue weighted by Crippen LogP contribution is 2.48. The molecule has 3 saturated heterocycles. The van der Waals surface area contributed by atoms with Crippen LogP contribution in [0.2, 0.25) is 0 Å². The van der Waals surface area contributed by atoms with Gasteiger partial charge in [-0.2, -0.15) is 5.26 Å². The zero-order chi connectivity index (χ0) is 19.2. The summed E-state index contributed by atoms with van der Waals surface area (Å²) in [5.74, 6) is -0.998. The first-order valence-corrected chi connectivity index (χ1v) is 9.89. The van der Waals surface area contributed by atoms with Gasteiger partial charge in [0.2, 0.25) is 0 Å². The van der Waals surface area contributed by atoms with Gasteiger partial charge in [-0.3, -0.25) is 25.1 Å². The molecule has 0 aliphatic carbocycles. The van der Waals surface area contributed by atoms with Gasteiger partial charge in [-0.05, 0) is 32.1 Å². The molecule has 7 atom stereocenters. The van der Waals surface area contributed by atoms with Crippen LogP contribution in [0, 0.1) is 29.1 Å². The first-order chi connectivity index (χ1) is 12.2. The number of nitrogens with zero attached hydrogens (tertiary/aromatic N) is 2. The highest BCUT2D eigenvalue weighted by atomic mass is 32.2. The lowest BCUT2D eigenvalue weighted by Gasteiger charge is -2.34. The van der Waals surface area contributed by atoms with Gasteiger partial charge < -0.3 is 0 Å². The van der Waals surface area contributed by atoms with Crippen LogP contribution in [-0.4, -0.2) is 45.5 Å². The van der Waals surface area contributed by atoms with Crippen LogP contribution in [0.1, 0.15) is 34.1 Å². The number of urea groups is 1. The minimum absolute atomic E-state index is 0.00635. The van der Waals surface area contributed by atoms with E-state index in [2.05, 4.69) is 49.3 Å². The first kappa shape index (κ1) is 18.9. The van der Waals surface area contributed by atoms with Crippen molar-refractivity contribution >= 4 is 29.6 Å². The fourth-order valence-corrected chi connectivity index (χ4v) is 6.16. The molecule has 26 heavy (non-hydrogen) atoms. The summed E-state index contributed by atoms with van der Waals surface area (Å²) in [7, 11) is 0. The van der Waals surface area contributed by atoms with Gasteiger partial charge in [0.1, 0.15) is 5.57 Å². The molecule has 3 rings (SSSR count). The Kier molecular flexibility index (Phi) is 5.13. The molecule has 3 fully saturated rings. The average molecular weight is 376 g/mol. The third kappa shape index (κ3) is 3.14.